The Bertz CT molecular complexity index is 1210. The van der Waals surface area contributed by atoms with Crippen LogP contribution >= 0.6 is 0 Å². The predicted molar refractivity (Wildman–Crippen MR) is 124 cm³/mol. The van der Waals surface area contributed by atoms with Crippen molar-refractivity contribution in [3.8, 4) is 0 Å². The molecule has 5 atom stereocenters. The van der Waals surface area contributed by atoms with Gasteiger partial charge in [0, 0.05) is 17.3 Å². The van der Waals surface area contributed by atoms with Crippen molar-refractivity contribution in [3.05, 3.63) is 53.8 Å². The van der Waals surface area contributed by atoms with Gasteiger partial charge in [0.05, 0.1) is 17.9 Å². The van der Waals surface area contributed by atoms with Crippen LogP contribution < -0.4 is 15.5 Å². The third-order valence-electron chi connectivity index (χ3n) is 6.58. The minimum absolute atomic E-state index is 0.270. The number of anilines is 2. The Morgan fingerprint density at radius 2 is 1.88 bits per heavy atom. The van der Waals surface area contributed by atoms with Gasteiger partial charge in [-0.1, -0.05) is 35.5 Å². The number of aromatic nitrogens is 1. The smallest absolute Gasteiger partial charge is 0.246 e. The van der Waals surface area contributed by atoms with Crippen LogP contribution in [0.25, 0.3) is 0 Å². The van der Waals surface area contributed by atoms with Gasteiger partial charge >= 0.3 is 0 Å². The number of benzene rings is 1. The summed E-state index contributed by atoms with van der Waals surface area (Å²) in [7, 11) is 0. The summed E-state index contributed by atoms with van der Waals surface area (Å²) in [5, 5.41) is 9.57. The molecule has 2 fully saturated rings. The van der Waals surface area contributed by atoms with Gasteiger partial charge in [-0.25, -0.2) is 0 Å². The zero-order valence-electron chi connectivity index (χ0n) is 19.8. The summed E-state index contributed by atoms with van der Waals surface area (Å²) in [5.74, 6) is -1.88. The zero-order valence-corrected chi connectivity index (χ0v) is 19.8. The van der Waals surface area contributed by atoms with Crippen LogP contribution in [0, 0.1) is 25.7 Å². The molecule has 2 aromatic rings. The van der Waals surface area contributed by atoms with E-state index in [0.717, 1.165) is 5.56 Å². The molecular weight excluding hydrogens is 436 g/mol. The highest BCUT2D eigenvalue weighted by Crippen LogP contribution is 2.56. The standard InChI is InChI=1S/C25H28N4O5/c1-13-8-6-7-9-15(13)29-20(22(31)27-24(3,4)5)25-11-10-16(33-25)18(19(25)23(29)32)21(30)26-17-12-14(2)34-28-17/h6-12,16,18-20H,1-5H3,(H,27,31)(H,26,28,30)/t16-,18+,19-,20-,25+/m1/s1. The SMILES string of the molecule is Cc1cc(NC(=O)[C@H]2[C@H]3C=C[C@]4(O3)[C@H]2C(=O)N(c2ccccc2C)[C@@H]4C(=O)NC(C)(C)C)no1. The number of para-hydroxylation sites is 1. The first-order valence-electron chi connectivity index (χ1n) is 11.3. The number of ether oxygens (including phenoxy) is 1. The molecule has 1 aromatic carbocycles. The molecule has 2 N–H and O–H groups in total. The Labute approximate surface area is 197 Å². The van der Waals surface area contributed by atoms with Crippen LogP contribution in [0.5, 0.6) is 0 Å². The predicted octanol–water partition coefficient (Wildman–Crippen LogP) is 2.50. The number of carbonyl (C=O) groups excluding carboxylic acids is 3. The second-order valence-electron chi connectivity index (χ2n) is 10.2. The molecular formula is C25H28N4O5. The van der Waals surface area contributed by atoms with Gasteiger partial charge < -0.3 is 19.9 Å². The van der Waals surface area contributed by atoms with Crippen molar-refractivity contribution in [3.63, 3.8) is 0 Å². The molecule has 34 heavy (non-hydrogen) atoms. The normalized spacial score (nSPS) is 29.4. The second-order valence-corrected chi connectivity index (χ2v) is 10.2. The van der Waals surface area contributed by atoms with Crippen LogP contribution in [0.1, 0.15) is 32.1 Å². The zero-order chi connectivity index (χ0) is 24.4. The van der Waals surface area contributed by atoms with E-state index in [9.17, 15) is 14.4 Å². The second kappa shape index (κ2) is 7.53. The quantitative estimate of drug-likeness (QED) is 0.672. The number of amides is 3. The van der Waals surface area contributed by atoms with Gasteiger partial charge in [-0.3, -0.25) is 19.3 Å². The van der Waals surface area contributed by atoms with Crippen LogP contribution in [0.2, 0.25) is 0 Å². The fraction of sp³-hybridized carbons (Fsp3) is 0.440. The number of rotatable bonds is 4. The third kappa shape index (κ3) is 3.34. The summed E-state index contributed by atoms with van der Waals surface area (Å²) < 4.78 is 11.4. The molecule has 0 unspecified atom stereocenters. The molecule has 178 valence electrons. The first-order valence-corrected chi connectivity index (χ1v) is 11.3. The summed E-state index contributed by atoms with van der Waals surface area (Å²) in [6.07, 6.45) is 2.95. The minimum Gasteiger partial charge on any atom is -0.360 e. The number of nitrogens with zero attached hydrogens (tertiary/aromatic N) is 2. The van der Waals surface area contributed by atoms with E-state index in [1.165, 1.54) is 4.90 Å². The third-order valence-corrected chi connectivity index (χ3v) is 6.58. The lowest BCUT2D eigenvalue weighted by Gasteiger charge is -2.34. The number of nitrogens with one attached hydrogen (secondary N) is 2. The maximum atomic E-state index is 14.0. The van der Waals surface area contributed by atoms with Gasteiger partial charge in [0.25, 0.3) is 0 Å². The average Bonchev–Trinajstić information content (AvgIpc) is 3.48. The maximum Gasteiger partial charge on any atom is 0.246 e. The molecule has 1 aromatic heterocycles. The van der Waals surface area contributed by atoms with Crippen molar-refractivity contribution >= 4 is 29.2 Å². The molecule has 3 aliphatic rings. The van der Waals surface area contributed by atoms with E-state index in [4.69, 9.17) is 9.26 Å². The molecule has 0 radical (unpaired) electrons. The van der Waals surface area contributed by atoms with Gasteiger partial charge in [-0.05, 0) is 46.2 Å². The molecule has 2 saturated heterocycles. The Morgan fingerprint density at radius 3 is 2.53 bits per heavy atom. The first kappa shape index (κ1) is 22.3. The number of aryl methyl sites for hydroxylation is 2. The Balaban J connectivity index is 1.57. The lowest BCUT2D eigenvalue weighted by atomic mass is 9.74. The molecule has 5 rings (SSSR count). The number of fused-ring (bicyclic) bond motifs is 1. The van der Waals surface area contributed by atoms with Gasteiger partial charge in [0.1, 0.15) is 17.4 Å². The summed E-state index contributed by atoms with van der Waals surface area (Å²) in [6.45, 7) is 9.26. The average molecular weight is 465 g/mol. The highest BCUT2D eigenvalue weighted by atomic mass is 16.5. The van der Waals surface area contributed by atoms with Gasteiger partial charge in [-0.15, -0.1) is 0 Å². The Hall–Kier alpha value is -3.46. The highest BCUT2D eigenvalue weighted by molar-refractivity contribution is 6.11. The summed E-state index contributed by atoms with van der Waals surface area (Å²) in [5.41, 5.74) is -0.301. The fourth-order valence-electron chi connectivity index (χ4n) is 5.34. The Morgan fingerprint density at radius 1 is 1.15 bits per heavy atom. The Kier molecular flexibility index (Phi) is 4.95. The van der Waals surface area contributed by atoms with E-state index in [0.29, 0.717) is 11.4 Å². The van der Waals surface area contributed by atoms with Crippen molar-refractivity contribution in [2.24, 2.45) is 11.8 Å². The summed E-state index contributed by atoms with van der Waals surface area (Å²) in [4.78, 5) is 42.5. The van der Waals surface area contributed by atoms with E-state index in [1.807, 2.05) is 52.0 Å². The molecule has 9 nitrogen and oxygen atoms in total. The molecule has 3 amide bonds. The van der Waals surface area contributed by atoms with Crippen molar-refractivity contribution in [1.82, 2.24) is 10.5 Å². The highest BCUT2D eigenvalue weighted by Gasteiger charge is 2.73. The van der Waals surface area contributed by atoms with E-state index >= 15 is 0 Å². The van der Waals surface area contributed by atoms with Crippen molar-refractivity contribution in [1.29, 1.82) is 0 Å². The lowest BCUT2D eigenvalue weighted by Crippen LogP contribution is -2.58. The fourth-order valence-corrected chi connectivity index (χ4v) is 5.34. The van der Waals surface area contributed by atoms with Crippen LogP contribution in [0.15, 0.2) is 47.0 Å². The van der Waals surface area contributed by atoms with Crippen molar-refractivity contribution in [2.45, 2.75) is 57.9 Å². The monoisotopic (exact) mass is 464 g/mol. The minimum atomic E-state index is -1.25. The first-order chi connectivity index (χ1) is 16.0. The van der Waals surface area contributed by atoms with Crippen molar-refractivity contribution < 1.29 is 23.6 Å². The number of hydrogen-bond acceptors (Lipinski definition) is 6. The van der Waals surface area contributed by atoms with Gasteiger partial charge in [0.15, 0.2) is 5.82 Å². The van der Waals surface area contributed by atoms with E-state index < -0.39 is 41.0 Å². The van der Waals surface area contributed by atoms with Crippen LogP contribution in [0.3, 0.4) is 0 Å². The number of hydrogen-bond donors (Lipinski definition) is 2. The molecule has 4 heterocycles. The van der Waals surface area contributed by atoms with E-state index in [-0.39, 0.29) is 17.6 Å². The van der Waals surface area contributed by atoms with Gasteiger partial charge in [0.2, 0.25) is 17.7 Å². The molecule has 0 saturated carbocycles. The maximum absolute atomic E-state index is 14.0. The molecule has 9 heteroatoms. The van der Waals surface area contributed by atoms with Crippen LogP contribution in [-0.4, -0.2) is 46.2 Å². The molecule has 3 aliphatic heterocycles. The largest absolute Gasteiger partial charge is 0.360 e. The lowest BCUT2D eigenvalue weighted by molar-refractivity contribution is -0.129. The van der Waals surface area contributed by atoms with Crippen LogP contribution in [-0.2, 0) is 19.1 Å². The summed E-state index contributed by atoms with van der Waals surface area (Å²) in [6, 6.07) is 8.04. The van der Waals surface area contributed by atoms with Crippen LogP contribution in [0.4, 0.5) is 11.5 Å². The van der Waals surface area contributed by atoms with E-state index in [2.05, 4.69) is 15.8 Å². The van der Waals surface area contributed by atoms with Crippen molar-refractivity contribution in [2.75, 3.05) is 10.2 Å². The van der Waals surface area contributed by atoms with Gasteiger partial charge in [-0.2, -0.15) is 0 Å². The summed E-state index contributed by atoms with van der Waals surface area (Å²) >= 11 is 0. The number of carbonyl (C=O) groups is 3. The van der Waals surface area contributed by atoms with E-state index in [1.54, 1.807) is 25.1 Å². The molecule has 2 bridgehead atoms. The molecule has 1 spiro atoms. The molecule has 0 aliphatic carbocycles. The topological polar surface area (TPSA) is 114 Å².